The summed E-state index contributed by atoms with van der Waals surface area (Å²) >= 11 is 3.40. The van der Waals surface area contributed by atoms with Crippen molar-refractivity contribution in [2.45, 2.75) is 26.2 Å². The molecular weight excluding hydrogens is 385 g/mol. The van der Waals surface area contributed by atoms with Crippen molar-refractivity contribution in [2.24, 2.45) is 0 Å². The van der Waals surface area contributed by atoms with Gasteiger partial charge in [0.1, 0.15) is 11.6 Å². The fourth-order valence-electron chi connectivity index (χ4n) is 2.69. The van der Waals surface area contributed by atoms with Crippen LogP contribution in [-0.4, -0.2) is 10.9 Å². The molecule has 3 rings (SSSR count). The number of halogens is 2. The number of aromatic nitrogens is 1. The first kappa shape index (κ1) is 17.5. The van der Waals surface area contributed by atoms with Crippen molar-refractivity contribution in [2.75, 3.05) is 0 Å². The van der Waals surface area contributed by atoms with Gasteiger partial charge in [-0.25, -0.2) is 4.39 Å². The number of aryl methyl sites for hydroxylation is 2. The number of hydrogen-bond acceptors (Lipinski definition) is 3. The average Bonchev–Trinajstić information content (AvgIpc) is 2.96. The maximum absolute atomic E-state index is 13.7. The van der Waals surface area contributed by atoms with Crippen LogP contribution in [0.2, 0.25) is 0 Å². The van der Waals surface area contributed by atoms with E-state index in [0.717, 1.165) is 15.6 Å². The van der Waals surface area contributed by atoms with Crippen molar-refractivity contribution < 1.29 is 13.7 Å². The van der Waals surface area contributed by atoms with Crippen LogP contribution in [0.4, 0.5) is 4.39 Å². The molecule has 25 heavy (non-hydrogen) atoms. The molecule has 0 aliphatic rings. The number of Topliss-reactive ketones (excluding diaryl/α,β-unsaturated/α-hetero) is 1. The molecule has 3 nitrogen and oxygen atoms in total. The fourth-order valence-corrected chi connectivity index (χ4v) is 2.95. The van der Waals surface area contributed by atoms with Crippen LogP contribution in [-0.2, 0) is 17.6 Å². The zero-order valence-electron chi connectivity index (χ0n) is 13.8. The molecule has 2 aromatic carbocycles. The molecule has 128 valence electrons. The molecule has 0 aliphatic heterocycles. The predicted molar refractivity (Wildman–Crippen MR) is 97.8 cm³/mol. The van der Waals surface area contributed by atoms with E-state index in [1.165, 1.54) is 6.07 Å². The lowest BCUT2D eigenvalue weighted by molar-refractivity contribution is -0.118. The summed E-state index contributed by atoms with van der Waals surface area (Å²) in [5.41, 5.74) is 2.93. The van der Waals surface area contributed by atoms with Gasteiger partial charge in [0, 0.05) is 28.4 Å². The quantitative estimate of drug-likeness (QED) is 0.562. The summed E-state index contributed by atoms with van der Waals surface area (Å²) in [5, 5.41) is 4.00. The summed E-state index contributed by atoms with van der Waals surface area (Å²) in [6.07, 6.45) is 0.907. The smallest absolute Gasteiger partial charge is 0.170 e. The minimum atomic E-state index is -0.271. The Hall–Kier alpha value is -2.27. The molecule has 0 saturated heterocycles. The van der Waals surface area contributed by atoms with Gasteiger partial charge in [-0.3, -0.25) is 4.79 Å². The maximum atomic E-state index is 13.7. The Bertz CT molecular complexity index is 887. The van der Waals surface area contributed by atoms with E-state index >= 15 is 0 Å². The zero-order chi connectivity index (χ0) is 17.8. The topological polar surface area (TPSA) is 43.1 Å². The summed E-state index contributed by atoms with van der Waals surface area (Å²) < 4.78 is 20.1. The third-order valence-corrected chi connectivity index (χ3v) is 4.62. The molecule has 0 atom stereocenters. The molecule has 5 heteroatoms. The van der Waals surface area contributed by atoms with Crippen molar-refractivity contribution >= 4 is 21.7 Å². The monoisotopic (exact) mass is 401 g/mol. The number of carbonyl (C=O) groups excluding carboxylic acids is 1. The fraction of sp³-hybridized carbons (Fsp3) is 0.200. The molecular formula is C20H17BrFNO2. The van der Waals surface area contributed by atoms with Gasteiger partial charge < -0.3 is 4.52 Å². The Balaban J connectivity index is 1.72. The number of carbonyl (C=O) groups is 1. The number of hydrogen-bond donors (Lipinski definition) is 0. The number of nitrogens with zero attached hydrogens (tertiary/aromatic N) is 1. The highest BCUT2D eigenvalue weighted by atomic mass is 79.9. The Kier molecular flexibility index (Phi) is 5.43. The third-order valence-electron chi connectivity index (χ3n) is 4.10. The lowest BCUT2D eigenvalue weighted by atomic mass is 9.99. The molecule has 0 radical (unpaired) electrons. The normalized spacial score (nSPS) is 10.8. The molecule has 1 heterocycles. The van der Waals surface area contributed by atoms with Gasteiger partial charge in [-0.1, -0.05) is 51.4 Å². The van der Waals surface area contributed by atoms with Crippen LogP contribution in [0.25, 0.3) is 11.3 Å². The molecule has 0 saturated carbocycles. The second kappa shape index (κ2) is 7.74. The van der Waals surface area contributed by atoms with Gasteiger partial charge in [0.25, 0.3) is 0 Å². The highest BCUT2D eigenvalue weighted by molar-refractivity contribution is 9.10. The first-order valence-electron chi connectivity index (χ1n) is 8.01. The van der Waals surface area contributed by atoms with Gasteiger partial charge in [-0.15, -0.1) is 0 Å². The van der Waals surface area contributed by atoms with Crippen LogP contribution in [0.5, 0.6) is 0 Å². The van der Waals surface area contributed by atoms with E-state index in [2.05, 4.69) is 21.1 Å². The van der Waals surface area contributed by atoms with E-state index in [-0.39, 0.29) is 24.4 Å². The second-order valence-electron chi connectivity index (χ2n) is 5.89. The van der Waals surface area contributed by atoms with E-state index in [0.29, 0.717) is 23.4 Å². The number of ketones is 1. The predicted octanol–water partition coefficient (Wildman–Crippen LogP) is 5.30. The summed E-state index contributed by atoms with van der Waals surface area (Å²) in [6.45, 7) is 1.82. The van der Waals surface area contributed by atoms with E-state index in [1.54, 1.807) is 18.2 Å². The van der Waals surface area contributed by atoms with Crippen LogP contribution in [0.1, 0.15) is 23.2 Å². The average molecular weight is 402 g/mol. The molecule has 0 unspecified atom stereocenters. The minimum Gasteiger partial charge on any atom is -0.356 e. The van der Waals surface area contributed by atoms with E-state index in [9.17, 15) is 9.18 Å². The molecule has 0 bridgehead atoms. The Labute approximate surface area is 154 Å². The molecule has 0 spiro atoms. The Morgan fingerprint density at radius 2 is 1.88 bits per heavy atom. The Morgan fingerprint density at radius 3 is 2.60 bits per heavy atom. The largest absolute Gasteiger partial charge is 0.356 e. The lowest BCUT2D eigenvalue weighted by Gasteiger charge is -2.04. The molecule has 0 fully saturated rings. The van der Waals surface area contributed by atoms with Crippen LogP contribution in [0, 0.1) is 12.7 Å². The van der Waals surface area contributed by atoms with Crippen molar-refractivity contribution in [3.8, 4) is 11.3 Å². The highest BCUT2D eigenvalue weighted by Gasteiger charge is 2.18. The summed E-state index contributed by atoms with van der Waals surface area (Å²) in [4.78, 5) is 12.4. The van der Waals surface area contributed by atoms with Crippen molar-refractivity contribution in [3.05, 3.63) is 75.6 Å². The van der Waals surface area contributed by atoms with Crippen LogP contribution >= 0.6 is 15.9 Å². The summed E-state index contributed by atoms with van der Waals surface area (Å²) in [6, 6.07) is 14.2. The number of rotatable bonds is 6. The standard InChI is InChI=1S/C20H17BrFNO2/c1-13-18(20(25-23-13)15-6-9-16(21)10-7-15)12-17(24)11-8-14-4-2-3-5-19(14)22/h2-7,9-10H,8,11-12H2,1H3. The van der Waals surface area contributed by atoms with Gasteiger partial charge in [-0.2, -0.15) is 0 Å². The van der Waals surface area contributed by atoms with Gasteiger partial charge >= 0.3 is 0 Å². The number of benzene rings is 2. The SMILES string of the molecule is Cc1noc(-c2ccc(Br)cc2)c1CC(=O)CCc1ccccc1F. The van der Waals surface area contributed by atoms with E-state index in [4.69, 9.17) is 4.52 Å². The summed E-state index contributed by atoms with van der Waals surface area (Å²) in [7, 11) is 0. The zero-order valence-corrected chi connectivity index (χ0v) is 15.3. The molecule has 3 aromatic rings. The van der Waals surface area contributed by atoms with Crippen molar-refractivity contribution in [3.63, 3.8) is 0 Å². The van der Waals surface area contributed by atoms with Gasteiger partial charge in [0.15, 0.2) is 5.76 Å². The first-order valence-corrected chi connectivity index (χ1v) is 8.80. The molecule has 0 aliphatic carbocycles. The van der Waals surface area contributed by atoms with E-state index in [1.807, 2.05) is 31.2 Å². The van der Waals surface area contributed by atoms with Gasteiger partial charge in [0.2, 0.25) is 0 Å². The van der Waals surface area contributed by atoms with Gasteiger partial charge in [-0.05, 0) is 37.1 Å². The van der Waals surface area contributed by atoms with Gasteiger partial charge in [0.05, 0.1) is 5.69 Å². The van der Waals surface area contributed by atoms with Crippen LogP contribution < -0.4 is 0 Å². The first-order chi connectivity index (χ1) is 12.0. The lowest BCUT2D eigenvalue weighted by Crippen LogP contribution is -2.06. The van der Waals surface area contributed by atoms with Crippen molar-refractivity contribution in [1.82, 2.24) is 5.16 Å². The summed E-state index contributed by atoms with van der Waals surface area (Å²) in [5.74, 6) is 0.379. The maximum Gasteiger partial charge on any atom is 0.170 e. The Morgan fingerprint density at radius 1 is 1.16 bits per heavy atom. The molecule has 1 aromatic heterocycles. The molecule has 0 amide bonds. The molecule has 0 N–H and O–H groups in total. The van der Waals surface area contributed by atoms with Crippen LogP contribution in [0.15, 0.2) is 57.5 Å². The highest BCUT2D eigenvalue weighted by Crippen LogP contribution is 2.28. The van der Waals surface area contributed by atoms with Crippen LogP contribution in [0.3, 0.4) is 0 Å². The minimum absolute atomic E-state index is 0.0351. The van der Waals surface area contributed by atoms with E-state index < -0.39 is 0 Å². The van der Waals surface area contributed by atoms with Crippen molar-refractivity contribution in [1.29, 1.82) is 0 Å². The third kappa shape index (κ3) is 4.23. The second-order valence-corrected chi connectivity index (χ2v) is 6.81.